The van der Waals surface area contributed by atoms with E-state index in [1.54, 1.807) is 18.3 Å². The van der Waals surface area contributed by atoms with Crippen LogP contribution < -0.4 is 5.76 Å². The second-order valence-corrected chi connectivity index (χ2v) is 5.45. The molecule has 3 rings (SSSR count). The molecule has 0 bridgehead atoms. The second-order valence-electron chi connectivity index (χ2n) is 4.66. The molecule has 0 amide bonds. The highest BCUT2D eigenvalue weighted by molar-refractivity contribution is 9.10. The van der Waals surface area contributed by atoms with E-state index < -0.39 is 5.76 Å². The number of rotatable bonds is 4. The van der Waals surface area contributed by atoms with Gasteiger partial charge >= 0.3 is 5.76 Å². The summed E-state index contributed by atoms with van der Waals surface area (Å²) in [6, 6.07) is 3.49. The van der Waals surface area contributed by atoms with Crippen LogP contribution >= 0.6 is 15.9 Å². The number of hydrogen-bond acceptors (Lipinski definition) is 4. The van der Waals surface area contributed by atoms with E-state index in [1.807, 2.05) is 11.6 Å². The lowest BCUT2D eigenvalue weighted by Crippen LogP contribution is -2.18. The van der Waals surface area contributed by atoms with Gasteiger partial charge in [-0.1, -0.05) is 6.92 Å². The molecule has 3 aromatic rings. The van der Waals surface area contributed by atoms with Crippen molar-refractivity contribution in [3.05, 3.63) is 44.7 Å². The Bertz CT molecular complexity index is 846. The van der Waals surface area contributed by atoms with Gasteiger partial charge < -0.3 is 4.42 Å². The number of hydrogen-bond donors (Lipinski definition) is 0. The molecule has 7 heteroatoms. The quantitative estimate of drug-likeness (QED) is 0.725. The van der Waals surface area contributed by atoms with Crippen molar-refractivity contribution in [3.8, 4) is 0 Å². The van der Waals surface area contributed by atoms with Crippen LogP contribution in [0.1, 0.15) is 25.2 Å². The van der Waals surface area contributed by atoms with Crippen LogP contribution in [0.3, 0.4) is 0 Å². The summed E-state index contributed by atoms with van der Waals surface area (Å²) < 4.78 is 9.60. The summed E-state index contributed by atoms with van der Waals surface area (Å²) in [4.78, 5) is 16.3. The fourth-order valence-electron chi connectivity index (χ4n) is 2.36. The number of aromatic nitrogens is 4. The van der Waals surface area contributed by atoms with Gasteiger partial charge in [-0.05, 0) is 41.4 Å². The lowest BCUT2D eigenvalue weighted by atomic mass is 10.3. The zero-order valence-corrected chi connectivity index (χ0v) is 13.4. The van der Waals surface area contributed by atoms with E-state index in [0.717, 1.165) is 28.8 Å². The molecule has 3 aromatic heterocycles. The van der Waals surface area contributed by atoms with Gasteiger partial charge in [-0.3, -0.25) is 9.25 Å². The molecular weight excluding hydrogens is 336 g/mol. The predicted octanol–water partition coefficient (Wildman–Crippen LogP) is 2.58. The lowest BCUT2D eigenvalue weighted by molar-refractivity contribution is 0.506. The van der Waals surface area contributed by atoms with Gasteiger partial charge in [0.05, 0.1) is 22.4 Å². The summed E-state index contributed by atoms with van der Waals surface area (Å²) in [6.45, 7) is 5.20. The van der Waals surface area contributed by atoms with Gasteiger partial charge in [0, 0.05) is 12.7 Å². The molecule has 0 aromatic carbocycles. The van der Waals surface area contributed by atoms with Gasteiger partial charge in [0.2, 0.25) is 0 Å². The molecule has 0 radical (unpaired) electrons. The first-order valence-corrected chi connectivity index (χ1v) is 7.63. The van der Waals surface area contributed by atoms with Crippen LogP contribution in [-0.2, 0) is 19.5 Å². The van der Waals surface area contributed by atoms with E-state index in [1.165, 1.54) is 4.57 Å². The van der Waals surface area contributed by atoms with E-state index in [9.17, 15) is 4.79 Å². The Morgan fingerprint density at radius 2 is 2.19 bits per heavy atom. The smallest absolute Gasteiger partial charge is 0.406 e. The summed E-state index contributed by atoms with van der Waals surface area (Å²) in [5.74, 6) is -0.405. The van der Waals surface area contributed by atoms with Crippen molar-refractivity contribution in [1.82, 2.24) is 19.3 Å². The minimum absolute atomic E-state index is 0.379. The van der Waals surface area contributed by atoms with Gasteiger partial charge in [0.1, 0.15) is 0 Å². The van der Waals surface area contributed by atoms with Gasteiger partial charge in [-0.2, -0.15) is 5.10 Å². The van der Waals surface area contributed by atoms with E-state index in [-0.39, 0.29) is 0 Å². The summed E-state index contributed by atoms with van der Waals surface area (Å²) in [7, 11) is 0. The van der Waals surface area contributed by atoms with Crippen molar-refractivity contribution in [2.24, 2.45) is 0 Å². The number of fused-ring (bicyclic) bond motifs is 1. The Morgan fingerprint density at radius 3 is 2.90 bits per heavy atom. The fourth-order valence-corrected chi connectivity index (χ4v) is 3.05. The topological polar surface area (TPSA) is 65.8 Å². The molecule has 110 valence electrons. The molecule has 0 unspecified atom stereocenters. The van der Waals surface area contributed by atoms with E-state index >= 15 is 0 Å². The molecule has 0 aliphatic heterocycles. The zero-order valence-electron chi connectivity index (χ0n) is 11.8. The number of nitrogens with zero attached hydrogens (tertiary/aromatic N) is 4. The molecule has 6 nitrogen and oxygen atoms in total. The highest BCUT2D eigenvalue weighted by Crippen LogP contribution is 2.23. The molecule has 0 aliphatic rings. The van der Waals surface area contributed by atoms with E-state index in [4.69, 9.17) is 4.42 Å². The standard InChI is InChI=1S/C14H15BrN4O2/c1-3-9-12(15)10(19(4-2)17-9)8-18-13-11(21-14(18)20)6-5-7-16-13/h5-7H,3-4,8H2,1-2H3. The molecule has 0 atom stereocenters. The van der Waals surface area contributed by atoms with Crippen LogP contribution in [0, 0.1) is 0 Å². The van der Waals surface area contributed by atoms with Crippen LogP contribution in [0.4, 0.5) is 0 Å². The van der Waals surface area contributed by atoms with Gasteiger partial charge in [0.25, 0.3) is 0 Å². The van der Waals surface area contributed by atoms with E-state index in [0.29, 0.717) is 17.8 Å². The Balaban J connectivity index is 2.13. The van der Waals surface area contributed by atoms with Crippen LogP contribution in [0.25, 0.3) is 11.2 Å². The minimum atomic E-state index is -0.405. The Hall–Kier alpha value is -1.89. The molecule has 0 fully saturated rings. The maximum atomic E-state index is 12.0. The number of pyridine rings is 1. The fraction of sp³-hybridized carbons (Fsp3) is 0.357. The van der Waals surface area contributed by atoms with Crippen molar-refractivity contribution >= 4 is 27.2 Å². The van der Waals surface area contributed by atoms with Crippen LogP contribution in [0.5, 0.6) is 0 Å². The number of oxazole rings is 1. The van der Waals surface area contributed by atoms with Crippen molar-refractivity contribution in [2.45, 2.75) is 33.4 Å². The third-order valence-electron chi connectivity index (χ3n) is 3.43. The molecule has 0 saturated heterocycles. The first kappa shape index (κ1) is 14.1. The maximum Gasteiger partial charge on any atom is 0.421 e. The van der Waals surface area contributed by atoms with Crippen LogP contribution in [0.15, 0.2) is 32.0 Å². The average Bonchev–Trinajstić information content (AvgIpc) is 2.98. The highest BCUT2D eigenvalue weighted by atomic mass is 79.9. The van der Waals surface area contributed by atoms with Gasteiger partial charge in [0.15, 0.2) is 11.2 Å². The highest BCUT2D eigenvalue weighted by Gasteiger charge is 2.18. The summed E-state index contributed by atoms with van der Waals surface area (Å²) in [5, 5.41) is 4.54. The SMILES string of the molecule is CCc1nn(CC)c(Cn2c(=O)oc3cccnc32)c1Br. The van der Waals surface area contributed by atoms with E-state index in [2.05, 4.69) is 32.9 Å². The largest absolute Gasteiger partial charge is 0.421 e. The molecule has 3 heterocycles. The van der Waals surface area contributed by atoms with Crippen LogP contribution in [-0.4, -0.2) is 19.3 Å². The molecule has 0 aliphatic carbocycles. The summed E-state index contributed by atoms with van der Waals surface area (Å²) in [6.07, 6.45) is 2.48. The Labute approximate surface area is 129 Å². The van der Waals surface area contributed by atoms with Crippen molar-refractivity contribution in [1.29, 1.82) is 0 Å². The molecule has 21 heavy (non-hydrogen) atoms. The van der Waals surface area contributed by atoms with Gasteiger partial charge in [-0.25, -0.2) is 9.78 Å². The summed E-state index contributed by atoms with van der Waals surface area (Å²) in [5.41, 5.74) is 2.98. The second kappa shape index (κ2) is 5.48. The number of halogens is 1. The predicted molar refractivity (Wildman–Crippen MR) is 82.4 cm³/mol. The van der Waals surface area contributed by atoms with Crippen molar-refractivity contribution < 1.29 is 4.42 Å². The third kappa shape index (κ3) is 2.31. The Kier molecular flexibility index (Phi) is 3.67. The Morgan fingerprint density at radius 1 is 1.38 bits per heavy atom. The third-order valence-corrected chi connectivity index (χ3v) is 4.34. The molecule has 0 saturated carbocycles. The monoisotopic (exact) mass is 350 g/mol. The lowest BCUT2D eigenvalue weighted by Gasteiger charge is -2.05. The van der Waals surface area contributed by atoms with Crippen molar-refractivity contribution in [3.63, 3.8) is 0 Å². The van der Waals surface area contributed by atoms with Gasteiger partial charge in [-0.15, -0.1) is 0 Å². The average molecular weight is 351 g/mol. The zero-order chi connectivity index (χ0) is 15.0. The number of aryl methyl sites for hydroxylation is 2. The summed E-state index contributed by atoms with van der Waals surface area (Å²) >= 11 is 3.59. The normalized spacial score (nSPS) is 11.4. The van der Waals surface area contributed by atoms with Crippen LogP contribution in [0.2, 0.25) is 0 Å². The molecule has 0 spiro atoms. The van der Waals surface area contributed by atoms with Crippen molar-refractivity contribution in [2.75, 3.05) is 0 Å². The first-order valence-electron chi connectivity index (χ1n) is 6.84. The minimum Gasteiger partial charge on any atom is -0.406 e. The molecule has 0 N–H and O–H groups in total. The maximum absolute atomic E-state index is 12.0. The molecular formula is C14H15BrN4O2. The first-order chi connectivity index (χ1) is 10.2.